The highest BCUT2D eigenvalue weighted by Crippen LogP contribution is 2.25. The number of alkyl halides is 3. The minimum absolute atomic E-state index is 0. The minimum Gasteiger partial charge on any atom is -0.357 e. The van der Waals surface area contributed by atoms with Crippen molar-refractivity contribution in [1.29, 1.82) is 0 Å². The molecule has 2 saturated heterocycles. The molecule has 2 heterocycles. The average molecular weight is 555 g/mol. The van der Waals surface area contributed by atoms with Gasteiger partial charge >= 0.3 is 6.18 Å². The van der Waals surface area contributed by atoms with Crippen molar-refractivity contribution in [2.75, 3.05) is 58.6 Å². The SMILES string of the molecule is CCNC(=NCC1CCN(S(C)(=O)=O)CC1)N1CCN(C(C)C(F)(F)F)CC1.I. The van der Waals surface area contributed by atoms with Crippen LogP contribution >= 0.6 is 24.0 Å². The predicted octanol–water partition coefficient (Wildman–Crippen LogP) is 1.81. The maximum Gasteiger partial charge on any atom is 0.403 e. The summed E-state index contributed by atoms with van der Waals surface area (Å²) in [5.41, 5.74) is 0. The molecule has 0 radical (unpaired) electrons. The first kappa shape index (κ1) is 26.7. The van der Waals surface area contributed by atoms with Gasteiger partial charge in [0.05, 0.1) is 6.26 Å². The van der Waals surface area contributed by atoms with Gasteiger partial charge in [0.25, 0.3) is 0 Å². The molecule has 0 aromatic heterocycles. The van der Waals surface area contributed by atoms with Gasteiger partial charge in [-0.3, -0.25) is 9.89 Å². The van der Waals surface area contributed by atoms with E-state index in [-0.39, 0.29) is 24.0 Å². The van der Waals surface area contributed by atoms with Crippen LogP contribution in [0.3, 0.4) is 0 Å². The van der Waals surface area contributed by atoms with E-state index in [1.165, 1.54) is 22.4 Å². The number of sulfonamides is 1. The third-order valence-corrected chi connectivity index (χ3v) is 6.82. The summed E-state index contributed by atoms with van der Waals surface area (Å²) in [5.74, 6) is 1.05. The van der Waals surface area contributed by atoms with Crippen molar-refractivity contribution in [1.82, 2.24) is 19.4 Å². The topological polar surface area (TPSA) is 68.2 Å². The van der Waals surface area contributed by atoms with Crippen LogP contribution < -0.4 is 5.32 Å². The maximum absolute atomic E-state index is 12.9. The molecule has 1 N–H and O–H groups in total. The highest BCUT2D eigenvalue weighted by Gasteiger charge is 2.41. The lowest BCUT2D eigenvalue weighted by atomic mass is 9.98. The molecule has 0 aromatic rings. The van der Waals surface area contributed by atoms with Crippen molar-refractivity contribution in [3.8, 4) is 0 Å². The van der Waals surface area contributed by atoms with Crippen LogP contribution in [-0.4, -0.2) is 99.3 Å². The lowest BCUT2D eigenvalue weighted by Gasteiger charge is -2.39. The lowest BCUT2D eigenvalue weighted by Crippen LogP contribution is -2.56. The van der Waals surface area contributed by atoms with Crippen LogP contribution in [0.2, 0.25) is 0 Å². The molecule has 12 heteroatoms. The fourth-order valence-corrected chi connectivity index (χ4v) is 4.47. The Hall–Kier alpha value is -0.340. The van der Waals surface area contributed by atoms with Crippen LogP contribution in [0.5, 0.6) is 0 Å². The van der Waals surface area contributed by atoms with Crippen molar-refractivity contribution in [2.24, 2.45) is 10.9 Å². The van der Waals surface area contributed by atoms with E-state index in [0.717, 1.165) is 18.8 Å². The number of piperidine rings is 1. The average Bonchev–Trinajstić information content (AvgIpc) is 2.63. The highest BCUT2D eigenvalue weighted by atomic mass is 127. The Bertz CT molecular complexity index is 631. The van der Waals surface area contributed by atoms with E-state index in [9.17, 15) is 21.6 Å². The summed E-state index contributed by atoms with van der Waals surface area (Å²) in [7, 11) is -3.14. The fraction of sp³-hybridized carbons (Fsp3) is 0.941. The first-order chi connectivity index (χ1) is 13.0. The van der Waals surface area contributed by atoms with Gasteiger partial charge in [0.15, 0.2) is 5.96 Å². The molecule has 7 nitrogen and oxygen atoms in total. The number of aliphatic imine (C=N–C) groups is 1. The second-order valence-corrected chi connectivity index (χ2v) is 9.52. The molecule has 2 aliphatic heterocycles. The van der Waals surface area contributed by atoms with Gasteiger partial charge in [-0.05, 0) is 32.6 Å². The third kappa shape index (κ3) is 8.02. The number of rotatable bonds is 5. The van der Waals surface area contributed by atoms with E-state index in [0.29, 0.717) is 58.3 Å². The molecule has 0 aliphatic carbocycles. The van der Waals surface area contributed by atoms with Crippen molar-refractivity contribution in [2.45, 2.75) is 38.9 Å². The van der Waals surface area contributed by atoms with Crippen molar-refractivity contribution < 1.29 is 21.6 Å². The highest BCUT2D eigenvalue weighted by molar-refractivity contribution is 14.0. The second-order valence-electron chi connectivity index (χ2n) is 7.54. The first-order valence-corrected chi connectivity index (χ1v) is 11.7. The molecule has 29 heavy (non-hydrogen) atoms. The van der Waals surface area contributed by atoms with Gasteiger partial charge in [-0.1, -0.05) is 0 Å². The van der Waals surface area contributed by atoms with Crippen LogP contribution in [0.4, 0.5) is 13.2 Å². The molecule has 1 unspecified atom stereocenters. The second kappa shape index (κ2) is 11.3. The lowest BCUT2D eigenvalue weighted by molar-refractivity contribution is -0.181. The van der Waals surface area contributed by atoms with E-state index in [1.807, 2.05) is 11.8 Å². The molecule has 172 valence electrons. The molecule has 0 spiro atoms. The van der Waals surface area contributed by atoms with Gasteiger partial charge in [-0.2, -0.15) is 13.2 Å². The molecular weight excluding hydrogens is 522 g/mol. The van der Waals surface area contributed by atoms with Crippen LogP contribution in [0, 0.1) is 5.92 Å². The molecule has 0 saturated carbocycles. The van der Waals surface area contributed by atoms with E-state index in [4.69, 9.17) is 0 Å². The Morgan fingerprint density at radius 1 is 1.14 bits per heavy atom. The Kier molecular flexibility index (Phi) is 10.4. The molecule has 0 bridgehead atoms. The normalized spacial score (nSPS) is 22.3. The standard InChI is InChI=1S/C17H32F3N5O2S.HI/c1-4-21-16(22-13-15-5-7-25(8-6-15)28(3,26)27)24-11-9-23(10-12-24)14(2)17(18,19)20;/h14-15H,4-13H2,1-3H3,(H,21,22);1H. The summed E-state index contributed by atoms with van der Waals surface area (Å²) in [4.78, 5) is 8.16. The van der Waals surface area contributed by atoms with Crippen molar-refractivity contribution >= 4 is 40.0 Å². The number of hydrogen-bond acceptors (Lipinski definition) is 4. The van der Waals surface area contributed by atoms with Crippen LogP contribution in [-0.2, 0) is 10.0 Å². The number of halogens is 4. The van der Waals surface area contributed by atoms with Crippen LogP contribution in [0.15, 0.2) is 4.99 Å². The van der Waals surface area contributed by atoms with Gasteiger partial charge in [0.1, 0.15) is 6.04 Å². The predicted molar refractivity (Wildman–Crippen MR) is 119 cm³/mol. The molecule has 2 rings (SSSR count). The molecular formula is C17H33F3IN5O2S. The number of nitrogens with zero attached hydrogens (tertiary/aromatic N) is 4. The maximum atomic E-state index is 12.9. The Labute approximate surface area is 189 Å². The van der Waals surface area contributed by atoms with Crippen molar-refractivity contribution in [3.63, 3.8) is 0 Å². The van der Waals surface area contributed by atoms with Gasteiger partial charge in [-0.25, -0.2) is 12.7 Å². The van der Waals surface area contributed by atoms with Crippen molar-refractivity contribution in [3.05, 3.63) is 0 Å². The Morgan fingerprint density at radius 2 is 1.69 bits per heavy atom. The summed E-state index contributed by atoms with van der Waals surface area (Å²) in [6, 6.07) is -1.44. The third-order valence-electron chi connectivity index (χ3n) is 5.51. The van der Waals surface area contributed by atoms with E-state index in [2.05, 4.69) is 10.3 Å². The first-order valence-electron chi connectivity index (χ1n) is 9.81. The Morgan fingerprint density at radius 3 is 2.14 bits per heavy atom. The van der Waals surface area contributed by atoms with Gasteiger partial charge in [-0.15, -0.1) is 24.0 Å². The number of piperazine rings is 1. The summed E-state index contributed by atoms with van der Waals surface area (Å²) >= 11 is 0. The van der Waals surface area contributed by atoms with Crippen LogP contribution in [0.25, 0.3) is 0 Å². The van der Waals surface area contributed by atoms with E-state index in [1.54, 1.807) is 0 Å². The van der Waals surface area contributed by atoms with Gasteiger partial charge in [0.2, 0.25) is 10.0 Å². The summed E-state index contributed by atoms with van der Waals surface area (Å²) in [6.07, 6.45) is -1.44. The van der Waals surface area contributed by atoms with Gasteiger partial charge < -0.3 is 10.2 Å². The quantitative estimate of drug-likeness (QED) is 0.319. The zero-order valence-corrected chi connectivity index (χ0v) is 20.4. The summed E-state index contributed by atoms with van der Waals surface area (Å²) < 4.78 is 63.4. The van der Waals surface area contributed by atoms with Gasteiger partial charge in [0, 0.05) is 52.4 Å². The molecule has 0 amide bonds. The molecule has 0 aromatic carbocycles. The molecule has 1 atom stereocenters. The monoisotopic (exact) mass is 555 g/mol. The Balaban J connectivity index is 0.00000420. The van der Waals surface area contributed by atoms with E-state index < -0.39 is 22.2 Å². The molecule has 2 fully saturated rings. The largest absolute Gasteiger partial charge is 0.403 e. The smallest absolute Gasteiger partial charge is 0.357 e. The minimum atomic E-state index is -4.21. The fourth-order valence-electron chi connectivity index (χ4n) is 3.59. The number of hydrogen-bond donors (Lipinski definition) is 1. The zero-order chi connectivity index (χ0) is 20.9. The zero-order valence-electron chi connectivity index (χ0n) is 17.3. The summed E-state index contributed by atoms with van der Waals surface area (Å²) in [5, 5.41) is 3.23. The summed E-state index contributed by atoms with van der Waals surface area (Å²) in [6.45, 7) is 7.17. The van der Waals surface area contributed by atoms with E-state index >= 15 is 0 Å². The number of nitrogens with one attached hydrogen (secondary N) is 1. The van der Waals surface area contributed by atoms with Crippen LogP contribution in [0.1, 0.15) is 26.7 Å². The molecule has 2 aliphatic rings. The number of guanidine groups is 1.